The number of hydrogen-bond acceptors (Lipinski definition) is 3. The molecule has 0 amide bonds. The van der Waals surface area contributed by atoms with E-state index >= 15 is 0 Å². The Morgan fingerprint density at radius 2 is 2.00 bits per heavy atom. The molecule has 124 valence electrons. The molecule has 1 aliphatic rings. The van der Waals surface area contributed by atoms with E-state index in [1.54, 1.807) is 0 Å². The molecule has 4 heteroatoms. The second-order valence-electron chi connectivity index (χ2n) is 6.78. The van der Waals surface area contributed by atoms with E-state index in [1.807, 2.05) is 18.2 Å². The van der Waals surface area contributed by atoms with Gasteiger partial charge in [-0.3, -0.25) is 4.98 Å². The van der Waals surface area contributed by atoms with Gasteiger partial charge in [0.2, 0.25) is 0 Å². The van der Waals surface area contributed by atoms with E-state index in [-0.39, 0.29) is 6.10 Å². The lowest BCUT2D eigenvalue weighted by atomic mass is 10.0. The Balaban J connectivity index is 2.10. The third-order valence-corrected chi connectivity index (χ3v) is 4.60. The molecule has 1 unspecified atom stereocenters. The van der Waals surface area contributed by atoms with Crippen LogP contribution in [0.15, 0.2) is 18.2 Å². The normalized spacial score (nSPS) is 16.2. The van der Waals surface area contributed by atoms with Gasteiger partial charge in [0, 0.05) is 28.2 Å². The number of halogens is 1. The Labute approximate surface area is 143 Å². The van der Waals surface area contributed by atoms with Crippen LogP contribution in [-0.4, -0.2) is 36.6 Å². The molecule has 0 fully saturated rings. The smallest absolute Gasteiger partial charge is 0.134 e. The highest BCUT2D eigenvalue weighted by molar-refractivity contribution is 6.31. The number of aryl methyl sites for hydroxylation is 1. The summed E-state index contributed by atoms with van der Waals surface area (Å²) in [5.74, 6) is 1.00. The molecular weight excluding hydrogens is 308 g/mol. The number of hydrogen-bond donors (Lipinski definition) is 0. The van der Waals surface area contributed by atoms with E-state index in [2.05, 4.69) is 25.9 Å². The van der Waals surface area contributed by atoms with Gasteiger partial charge in [-0.05, 0) is 64.9 Å². The predicted octanol–water partition coefficient (Wildman–Crippen LogP) is 4.49. The quantitative estimate of drug-likeness (QED) is 0.771. The topological polar surface area (TPSA) is 25.4 Å². The summed E-state index contributed by atoms with van der Waals surface area (Å²) in [7, 11) is 4.14. The first-order valence-electron chi connectivity index (χ1n) is 8.47. The van der Waals surface area contributed by atoms with E-state index in [4.69, 9.17) is 21.3 Å². The number of pyridine rings is 1. The van der Waals surface area contributed by atoms with Crippen molar-refractivity contribution in [3.63, 3.8) is 0 Å². The van der Waals surface area contributed by atoms with Crippen LogP contribution in [0.1, 0.15) is 37.4 Å². The van der Waals surface area contributed by atoms with Gasteiger partial charge in [0.15, 0.2) is 0 Å². The highest BCUT2D eigenvalue weighted by Crippen LogP contribution is 2.36. The van der Waals surface area contributed by atoms with Crippen molar-refractivity contribution in [2.45, 2.75) is 45.1 Å². The molecule has 1 atom stereocenters. The second-order valence-corrected chi connectivity index (χ2v) is 7.22. The maximum absolute atomic E-state index is 6.41. The fourth-order valence-electron chi connectivity index (χ4n) is 3.42. The molecule has 0 N–H and O–H groups in total. The zero-order valence-electron chi connectivity index (χ0n) is 14.2. The van der Waals surface area contributed by atoms with Crippen LogP contribution in [0.25, 0.3) is 10.9 Å². The lowest BCUT2D eigenvalue weighted by Gasteiger charge is -2.23. The Morgan fingerprint density at radius 1 is 1.22 bits per heavy atom. The van der Waals surface area contributed by atoms with Crippen LogP contribution < -0.4 is 4.74 Å². The molecule has 1 aromatic heterocycles. The van der Waals surface area contributed by atoms with Gasteiger partial charge < -0.3 is 9.64 Å². The van der Waals surface area contributed by atoms with Gasteiger partial charge in [0.25, 0.3) is 0 Å². The molecule has 0 aliphatic heterocycles. The Kier molecular flexibility index (Phi) is 5.08. The zero-order valence-corrected chi connectivity index (χ0v) is 15.0. The minimum absolute atomic E-state index is 0.127. The van der Waals surface area contributed by atoms with Crippen LogP contribution in [0.2, 0.25) is 5.02 Å². The summed E-state index contributed by atoms with van der Waals surface area (Å²) >= 11 is 6.24. The third kappa shape index (κ3) is 3.78. The van der Waals surface area contributed by atoms with E-state index in [9.17, 15) is 0 Å². The van der Waals surface area contributed by atoms with Crippen molar-refractivity contribution in [1.82, 2.24) is 9.88 Å². The highest BCUT2D eigenvalue weighted by atomic mass is 35.5. The van der Waals surface area contributed by atoms with Gasteiger partial charge in [-0.2, -0.15) is 0 Å². The molecule has 0 saturated carbocycles. The predicted molar refractivity (Wildman–Crippen MR) is 96.7 cm³/mol. The molecule has 23 heavy (non-hydrogen) atoms. The van der Waals surface area contributed by atoms with Gasteiger partial charge in [-0.25, -0.2) is 0 Å². The number of aromatic nitrogens is 1. The van der Waals surface area contributed by atoms with Crippen molar-refractivity contribution < 1.29 is 4.74 Å². The fourth-order valence-corrected chi connectivity index (χ4v) is 3.59. The molecule has 3 nitrogen and oxygen atoms in total. The molecule has 0 saturated heterocycles. The second kappa shape index (κ2) is 7.06. The number of likely N-dealkylation sites (N-methyl/N-ethyl adjacent to an activating group) is 1. The van der Waals surface area contributed by atoms with Gasteiger partial charge in [0.05, 0.1) is 5.52 Å². The molecule has 3 rings (SSSR count). The van der Waals surface area contributed by atoms with E-state index in [1.165, 1.54) is 30.5 Å². The summed E-state index contributed by atoms with van der Waals surface area (Å²) < 4.78 is 6.41. The van der Waals surface area contributed by atoms with Crippen molar-refractivity contribution in [3.8, 4) is 5.75 Å². The van der Waals surface area contributed by atoms with Crippen molar-refractivity contribution >= 4 is 22.5 Å². The standard InChI is InChI=1S/C19H25ClN2O/c1-13(12-22(2)3)23-19-15-7-5-4-6-8-17(15)21-18-10-9-14(20)11-16(18)19/h9-11,13H,4-8,12H2,1-3H3. The lowest BCUT2D eigenvalue weighted by Crippen LogP contribution is -2.28. The number of rotatable bonds is 4. The first-order chi connectivity index (χ1) is 11.0. The summed E-state index contributed by atoms with van der Waals surface area (Å²) in [4.78, 5) is 7.05. The van der Waals surface area contributed by atoms with Crippen LogP contribution in [0.4, 0.5) is 0 Å². The zero-order chi connectivity index (χ0) is 16.4. The summed E-state index contributed by atoms with van der Waals surface area (Å²) in [5.41, 5.74) is 3.49. The maximum atomic E-state index is 6.41. The first-order valence-corrected chi connectivity index (χ1v) is 8.85. The number of nitrogens with zero attached hydrogens (tertiary/aromatic N) is 2. The minimum atomic E-state index is 0.127. The average Bonchev–Trinajstić information content (AvgIpc) is 2.72. The van der Waals surface area contributed by atoms with Gasteiger partial charge >= 0.3 is 0 Å². The monoisotopic (exact) mass is 332 g/mol. The number of fused-ring (bicyclic) bond motifs is 2. The molecule has 0 radical (unpaired) electrons. The van der Waals surface area contributed by atoms with E-state index in [0.717, 1.165) is 41.1 Å². The Bertz CT molecular complexity index is 699. The van der Waals surface area contributed by atoms with Crippen molar-refractivity contribution in [2.75, 3.05) is 20.6 Å². The van der Waals surface area contributed by atoms with Crippen LogP contribution in [0, 0.1) is 0 Å². The van der Waals surface area contributed by atoms with E-state index in [0.29, 0.717) is 0 Å². The average molecular weight is 333 g/mol. The number of benzene rings is 1. The van der Waals surface area contributed by atoms with Crippen LogP contribution in [-0.2, 0) is 12.8 Å². The molecule has 1 aliphatic carbocycles. The SMILES string of the molecule is CC(CN(C)C)Oc1c2c(nc3ccc(Cl)cc13)CCCCC2. The minimum Gasteiger partial charge on any atom is -0.488 e. The third-order valence-electron chi connectivity index (χ3n) is 4.36. The molecule has 1 heterocycles. The lowest BCUT2D eigenvalue weighted by molar-refractivity contribution is 0.177. The van der Waals surface area contributed by atoms with Crippen LogP contribution in [0.3, 0.4) is 0 Å². The van der Waals surface area contributed by atoms with Crippen molar-refractivity contribution in [3.05, 3.63) is 34.5 Å². The van der Waals surface area contributed by atoms with Gasteiger partial charge in [-0.15, -0.1) is 0 Å². The summed E-state index contributed by atoms with van der Waals surface area (Å²) in [5, 5.41) is 1.78. The summed E-state index contributed by atoms with van der Waals surface area (Å²) in [6.07, 6.45) is 5.91. The van der Waals surface area contributed by atoms with Crippen molar-refractivity contribution in [1.29, 1.82) is 0 Å². The first kappa shape index (κ1) is 16.5. The molecule has 0 spiro atoms. The largest absolute Gasteiger partial charge is 0.488 e. The van der Waals surface area contributed by atoms with Gasteiger partial charge in [0.1, 0.15) is 11.9 Å². The summed E-state index contributed by atoms with van der Waals surface area (Å²) in [6.45, 7) is 3.01. The molecule has 0 bridgehead atoms. The summed E-state index contributed by atoms with van der Waals surface area (Å²) in [6, 6.07) is 5.91. The highest BCUT2D eigenvalue weighted by Gasteiger charge is 2.20. The Morgan fingerprint density at radius 3 is 2.78 bits per heavy atom. The molecular formula is C19H25ClN2O. The maximum Gasteiger partial charge on any atom is 0.134 e. The fraction of sp³-hybridized carbons (Fsp3) is 0.526. The van der Waals surface area contributed by atoms with E-state index < -0.39 is 0 Å². The Hall–Kier alpha value is -1.32. The van der Waals surface area contributed by atoms with Crippen LogP contribution >= 0.6 is 11.6 Å². The van der Waals surface area contributed by atoms with Crippen molar-refractivity contribution in [2.24, 2.45) is 0 Å². The number of ether oxygens (including phenoxy) is 1. The molecule has 1 aromatic carbocycles. The van der Waals surface area contributed by atoms with Crippen LogP contribution in [0.5, 0.6) is 5.75 Å². The van der Waals surface area contributed by atoms with Gasteiger partial charge in [-0.1, -0.05) is 18.0 Å². The molecule has 2 aromatic rings.